The van der Waals surface area contributed by atoms with Gasteiger partial charge in [-0.3, -0.25) is 9.59 Å². The lowest BCUT2D eigenvalue weighted by molar-refractivity contribution is -0.122. The molecule has 1 aromatic rings. The van der Waals surface area contributed by atoms with E-state index in [-0.39, 0.29) is 17.9 Å². The second-order valence-electron chi connectivity index (χ2n) is 6.68. The first-order chi connectivity index (χ1) is 11.1. The van der Waals surface area contributed by atoms with Gasteiger partial charge in [0.1, 0.15) is 6.04 Å². The summed E-state index contributed by atoms with van der Waals surface area (Å²) in [7, 11) is 0. The molecular weight excluding hydrogens is 290 g/mol. The molecule has 0 aromatic heterocycles. The Morgan fingerprint density at radius 2 is 1.74 bits per heavy atom. The monoisotopic (exact) mass is 315 g/mol. The smallest absolute Gasteiger partial charge is 0.251 e. The molecule has 2 amide bonds. The van der Waals surface area contributed by atoms with E-state index in [1.54, 1.807) is 12.1 Å². The molecule has 0 radical (unpaired) electrons. The number of hydrogen-bond donors (Lipinski definition) is 3. The van der Waals surface area contributed by atoms with Crippen molar-refractivity contribution in [3.63, 3.8) is 0 Å². The molecule has 0 saturated heterocycles. The number of benzene rings is 1. The minimum atomic E-state index is -0.322. The van der Waals surface area contributed by atoms with Crippen LogP contribution in [0.15, 0.2) is 24.3 Å². The molecule has 0 bridgehead atoms. The predicted molar refractivity (Wildman–Crippen MR) is 90.4 cm³/mol. The number of amides is 2. The van der Waals surface area contributed by atoms with Gasteiger partial charge in [0, 0.05) is 23.3 Å². The highest BCUT2D eigenvalue weighted by Gasteiger charge is 2.24. The zero-order chi connectivity index (χ0) is 16.2. The zero-order valence-electron chi connectivity index (χ0n) is 13.6. The van der Waals surface area contributed by atoms with Crippen LogP contribution in [0.5, 0.6) is 0 Å². The molecule has 0 spiro atoms. The lowest BCUT2D eigenvalue weighted by atomic mass is 10.1. The molecule has 2 aliphatic carbocycles. The van der Waals surface area contributed by atoms with E-state index in [2.05, 4.69) is 16.0 Å². The van der Waals surface area contributed by atoms with Crippen LogP contribution in [0.1, 0.15) is 55.8 Å². The summed E-state index contributed by atoms with van der Waals surface area (Å²) in [6.07, 6.45) is 6.70. The number of hydrogen-bond acceptors (Lipinski definition) is 3. The Kier molecular flexibility index (Phi) is 4.84. The van der Waals surface area contributed by atoms with Crippen LogP contribution in [-0.4, -0.2) is 29.9 Å². The first-order valence-electron chi connectivity index (χ1n) is 8.59. The first-order valence-corrected chi connectivity index (χ1v) is 8.59. The van der Waals surface area contributed by atoms with Crippen molar-refractivity contribution in [1.82, 2.24) is 10.6 Å². The van der Waals surface area contributed by atoms with E-state index in [4.69, 9.17) is 0 Å². The fourth-order valence-corrected chi connectivity index (χ4v) is 2.96. The van der Waals surface area contributed by atoms with Crippen LogP contribution in [0.2, 0.25) is 0 Å². The highest BCUT2D eigenvalue weighted by atomic mass is 16.2. The summed E-state index contributed by atoms with van der Waals surface area (Å²) >= 11 is 0. The molecule has 0 aliphatic heterocycles. The first kappa shape index (κ1) is 15.8. The second-order valence-corrected chi connectivity index (χ2v) is 6.68. The van der Waals surface area contributed by atoms with Gasteiger partial charge in [-0.05, 0) is 50.8 Å². The molecule has 2 saturated carbocycles. The average molecular weight is 315 g/mol. The summed E-state index contributed by atoms with van der Waals surface area (Å²) in [6.45, 7) is 1.85. The van der Waals surface area contributed by atoms with Crippen molar-refractivity contribution in [2.75, 3.05) is 5.32 Å². The highest BCUT2D eigenvalue weighted by molar-refractivity contribution is 5.95. The number of nitrogens with one attached hydrogen (secondary N) is 3. The summed E-state index contributed by atoms with van der Waals surface area (Å²) < 4.78 is 0. The van der Waals surface area contributed by atoms with Gasteiger partial charge in [0.25, 0.3) is 5.91 Å². The van der Waals surface area contributed by atoms with Crippen LogP contribution in [-0.2, 0) is 4.79 Å². The number of carbonyl (C=O) groups is 2. The Labute approximate surface area is 137 Å². The minimum Gasteiger partial charge on any atom is -0.374 e. The van der Waals surface area contributed by atoms with E-state index in [0.29, 0.717) is 17.6 Å². The van der Waals surface area contributed by atoms with Crippen molar-refractivity contribution in [2.45, 2.75) is 63.6 Å². The Bertz CT molecular complexity index is 577. The molecule has 1 aromatic carbocycles. The third-order valence-corrected chi connectivity index (χ3v) is 4.52. The van der Waals surface area contributed by atoms with E-state index in [9.17, 15) is 9.59 Å². The molecule has 2 aliphatic rings. The number of carbonyl (C=O) groups excluding carboxylic acids is 2. The van der Waals surface area contributed by atoms with Crippen molar-refractivity contribution in [3.8, 4) is 0 Å². The van der Waals surface area contributed by atoms with Gasteiger partial charge in [-0.2, -0.15) is 0 Å². The van der Waals surface area contributed by atoms with E-state index >= 15 is 0 Å². The largest absolute Gasteiger partial charge is 0.374 e. The Balaban J connectivity index is 1.55. The number of anilines is 1. The summed E-state index contributed by atoms with van der Waals surface area (Å²) in [5.74, 6) is -0.0241. The molecule has 3 N–H and O–H groups in total. The zero-order valence-corrected chi connectivity index (χ0v) is 13.6. The van der Waals surface area contributed by atoms with E-state index in [0.717, 1.165) is 31.4 Å². The van der Waals surface area contributed by atoms with Gasteiger partial charge in [0.15, 0.2) is 0 Å². The normalized spacial score (nSPS) is 19.2. The fraction of sp³-hybridized carbons (Fsp3) is 0.556. The molecular formula is C18H25N3O2. The number of rotatable bonds is 6. The SMILES string of the molecule is C[C@H](Nc1cccc(C(=O)NC2CC2)c1)C(=O)NC1CCCC1. The summed E-state index contributed by atoms with van der Waals surface area (Å²) in [5.41, 5.74) is 1.42. The Morgan fingerprint density at radius 1 is 1.04 bits per heavy atom. The Morgan fingerprint density at radius 3 is 2.43 bits per heavy atom. The molecule has 2 fully saturated rings. The molecule has 23 heavy (non-hydrogen) atoms. The minimum absolute atomic E-state index is 0.0183. The van der Waals surface area contributed by atoms with Crippen molar-refractivity contribution >= 4 is 17.5 Å². The lowest BCUT2D eigenvalue weighted by Crippen LogP contribution is -2.42. The van der Waals surface area contributed by atoms with Crippen LogP contribution >= 0.6 is 0 Å². The van der Waals surface area contributed by atoms with Crippen LogP contribution in [0.25, 0.3) is 0 Å². The third-order valence-electron chi connectivity index (χ3n) is 4.52. The maximum absolute atomic E-state index is 12.2. The van der Waals surface area contributed by atoms with E-state index in [1.165, 1.54) is 12.8 Å². The van der Waals surface area contributed by atoms with Crippen LogP contribution < -0.4 is 16.0 Å². The van der Waals surface area contributed by atoms with Crippen molar-refractivity contribution in [1.29, 1.82) is 0 Å². The predicted octanol–water partition coefficient (Wildman–Crippen LogP) is 2.44. The molecule has 0 heterocycles. The van der Waals surface area contributed by atoms with Crippen molar-refractivity contribution in [2.24, 2.45) is 0 Å². The second kappa shape index (κ2) is 7.02. The van der Waals surface area contributed by atoms with Crippen LogP contribution in [0.3, 0.4) is 0 Å². The summed E-state index contributed by atoms with van der Waals surface area (Å²) in [4.78, 5) is 24.3. The Hall–Kier alpha value is -2.04. The lowest BCUT2D eigenvalue weighted by Gasteiger charge is -2.19. The van der Waals surface area contributed by atoms with Gasteiger partial charge < -0.3 is 16.0 Å². The maximum Gasteiger partial charge on any atom is 0.251 e. The summed E-state index contributed by atoms with van der Waals surface area (Å²) in [6, 6.07) is 7.66. The fourth-order valence-electron chi connectivity index (χ4n) is 2.96. The van der Waals surface area contributed by atoms with Gasteiger partial charge in [0.05, 0.1) is 0 Å². The molecule has 124 valence electrons. The van der Waals surface area contributed by atoms with Gasteiger partial charge in [-0.25, -0.2) is 0 Å². The van der Waals surface area contributed by atoms with Crippen molar-refractivity contribution < 1.29 is 9.59 Å². The van der Waals surface area contributed by atoms with Crippen LogP contribution in [0, 0.1) is 0 Å². The molecule has 5 heteroatoms. The molecule has 0 unspecified atom stereocenters. The van der Waals surface area contributed by atoms with Gasteiger partial charge in [-0.15, -0.1) is 0 Å². The van der Waals surface area contributed by atoms with Crippen LogP contribution in [0.4, 0.5) is 5.69 Å². The molecule has 5 nitrogen and oxygen atoms in total. The quantitative estimate of drug-likeness (QED) is 0.755. The third kappa shape index (κ3) is 4.47. The van der Waals surface area contributed by atoms with Crippen molar-refractivity contribution in [3.05, 3.63) is 29.8 Å². The standard InChI is InChI=1S/C18H25N3O2/c1-12(17(22)20-14-6-2-3-7-14)19-16-8-4-5-13(11-16)18(23)21-15-9-10-15/h4-5,8,11-12,14-15,19H,2-3,6-7,9-10H2,1H3,(H,20,22)(H,21,23)/t12-/m0/s1. The topological polar surface area (TPSA) is 70.2 Å². The maximum atomic E-state index is 12.2. The van der Waals surface area contributed by atoms with E-state index < -0.39 is 0 Å². The van der Waals surface area contributed by atoms with Gasteiger partial charge in [0.2, 0.25) is 5.91 Å². The van der Waals surface area contributed by atoms with E-state index in [1.807, 2.05) is 19.1 Å². The molecule has 3 rings (SSSR count). The molecule has 1 atom stereocenters. The highest BCUT2D eigenvalue weighted by Crippen LogP contribution is 2.20. The van der Waals surface area contributed by atoms with Gasteiger partial charge >= 0.3 is 0 Å². The van der Waals surface area contributed by atoms with Gasteiger partial charge in [-0.1, -0.05) is 18.9 Å². The summed E-state index contributed by atoms with van der Waals surface area (Å²) in [5, 5.41) is 9.25. The average Bonchev–Trinajstić information content (AvgIpc) is 3.20.